The molecule has 25 heavy (non-hydrogen) atoms. The molecule has 0 bridgehead atoms. The monoisotopic (exact) mass is 338 g/mol. The second-order valence-electron chi connectivity index (χ2n) is 7.94. The second kappa shape index (κ2) is 6.51. The van der Waals surface area contributed by atoms with Gasteiger partial charge in [-0.3, -0.25) is 0 Å². The number of hydrogen-bond acceptors (Lipinski definition) is 3. The van der Waals surface area contributed by atoms with Crippen LogP contribution < -0.4 is 10.2 Å². The van der Waals surface area contributed by atoms with Gasteiger partial charge in [-0.2, -0.15) is 0 Å². The Hall–Kier alpha value is -1.78. The normalized spacial score (nSPS) is 18.4. The van der Waals surface area contributed by atoms with Crippen LogP contribution in [0.4, 0.5) is 0 Å². The Kier molecular flexibility index (Phi) is 4.69. The zero-order valence-electron chi connectivity index (χ0n) is 16.1. The molecule has 0 atom stereocenters. The van der Waals surface area contributed by atoms with Gasteiger partial charge in [0.05, 0.1) is 11.2 Å². The van der Waals surface area contributed by atoms with Crippen molar-refractivity contribution in [3.05, 3.63) is 59.2 Å². The van der Waals surface area contributed by atoms with Crippen molar-refractivity contribution in [3.8, 4) is 5.75 Å². The first-order valence-corrected chi connectivity index (χ1v) is 8.82. The first-order chi connectivity index (χ1) is 11.7. The van der Waals surface area contributed by atoms with E-state index in [9.17, 15) is 0 Å². The molecule has 4 heteroatoms. The van der Waals surface area contributed by atoms with Gasteiger partial charge in [0.2, 0.25) is 0 Å². The lowest BCUT2D eigenvalue weighted by atomic mass is 9.79. The van der Waals surface area contributed by atoms with Crippen LogP contribution in [0.5, 0.6) is 5.75 Å². The standard InChI is InChI=1S/C21H27BO3/c1-15-11-16(2)13-19(12-15)23-14-17-7-9-18(10-8-17)22-24-20(3,4)21(5,6)25-22/h7-13H,14H2,1-6H3. The predicted octanol–water partition coefficient (Wildman–Crippen LogP) is 4.18. The van der Waals surface area contributed by atoms with Gasteiger partial charge in [0.25, 0.3) is 0 Å². The maximum Gasteiger partial charge on any atom is 0.494 e. The molecule has 1 aliphatic rings. The summed E-state index contributed by atoms with van der Waals surface area (Å²) in [6.45, 7) is 13.0. The van der Waals surface area contributed by atoms with Crippen molar-refractivity contribution in [2.75, 3.05) is 0 Å². The molecule has 0 aromatic heterocycles. The van der Waals surface area contributed by atoms with E-state index in [4.69, 9.17) is 14.0 Å². The number of hydrogen-bond donors (Lipinski definition) is 0. The molecule has 2 aromatic rings. The molecule has 1 aliphatic heterocycles. The van der Waals surface area contributed by atoms with E-state index in [0.29, 0.717) is 6.61 Å². The van der Waals surface area contributed by atoms with Gasteiger partial charge in [-0.15, -0.1) is 0 Å². The summed E-state index contributed by atoms with van der Waals surface area (Å²) in [6.07, 6.45) is 0. The number of benzene rings is 2. The van der Waals surface area contributed by atoms with Crippen LogP contribution in [0.3, 0.4) is 0 Å². The van der Waals surface area contributed by atoms with Crippen molar-refractivity contribution in [2.45, 2.75) is 59.4 Å². The Morgan fingerprint density at radius 3 is 1.88 bits per heavy atom. The summed E-state index contributed by atoms with van der Waals surface area (Å²) < 4.78 is 18.1. The van der Waals surface area contributed by atoms with Gasteiger partial charge in [0.1, 0.15) is 12.4 Å². The van der Waals surface area contributed by atoms with Gasteiger partial charge in [-0.05, 0) is 75.8 Å². The summed E-state index contributed by atoms with van der Waals surface area (Å²) in [5.41, 5.74) is 3.95. The minimum atomic E-state index is -0.320. The fourth-order valence-electron chi connectivity index (χ4n) is 2.93. The Morgan fingerprint density at radius 2 is 1.36 bits per heavy atom. The highest BCUT2D eigenvalue weighted by Gasteiger charge is 2.51. The fourth-order valence-corrected chi connectivity index (χ4v) is 2.93. The SMILES string of the molecule is Cc1cc(C)cc(OCc2ccc(B3OC(C)(C)C(C)(C)O3)cc2)c1. The fraction of sp³-hybridized carbons (Fsp3) is 0.429. The van der Waals surface area contributed by atoms with Gasteiger partial charge in [-0.1, -0.05) is 30.3 Å². The molecule has 3 nitrogen and oxygen atoms in total. The van der Waals surface area contributed by atoms with Gasteiger partial charge in [0, 0.05) is 0 Å². The summed E-state index contributed by atoms with van der Waals surface area (Å²) in [5.74, 6) is 0.910. The summed E-state index contributed by atoms with van der Waals surface area (Å²) in [4.78, 5) is 0. The maximum atomic E-state index is 6.09. The maximum absolute atomic E-state index is 6.09. The number of rotatable bonds is 4. The van der Waals surface area contributed by atoms with Crippen molar-refractivity contribution in [3.63, 3.8) is 0 Å². The number of ether oxygens (including phenoxy) is 1. The highest BCUT2D eigenvalue weighted by Crippen LogP contribution is 2.36. The third-order valence-corrected chi connectivity index (χ3v) is 5.11. The Labute approximate surface area is 151 Å². The smallest absolute Gasteiger partial charge is 0.489 e. The molecule has 0 N–H and O–H groups in total. The zero-order valence-corrected chi connectivity index (χ0v) is 16.1. The van der Waals surface area contributed by atoms with Crippen molar-refractivity contribution in [2.24, 2.45) is 0 Å². The molecular weight excluding hydrogens is 311 g/mol. The first-order valence-electron chi connectivity index (χ1n) is 8.82. The van der Waals surface area contributed by atoms with Crippen molar-refractivity contribution >= 4 is 12.6 Å². The average Bonchev–Trinajstić information content (AvgIpc) is 2.73. The van der Waals surface area contributed by atoms with Crippen LogP contribution in [-0.2, 0) is 15.9 Å². The third kappa shape index (κ3) is 3.91. The molecule has 132 valence electrons. The van der Waals surface area contributed by atoms with E-state index in [1.165, 1.54) is 11.1 Å². The molecule has 2 aromatic carbocycles. The van der Waals surface area contributed by atoms with E-state index in [0.717, 1.165) is 16.8 Å². The molecule has 0 amide bonds. The average molecular weight is 338 g/mol. The van der Waals surface area contributed by atoms with E-state index >= 15 is 0 Å². The lowest BCUT2D eigenvalue weighted by Gasteiger charge is -2.32. The van der Waals surface area contributed by atoms with Crippen molar-refractivity contribution < 1.29 is 14.0 Å². The van der Waals surface area contributed by atoms with E-state index in [1.54, 1.807) is 0 Å². The van der Waals surface area contributed by atoms with Crippen molar-refractivity contribution in [1.82, 2.24) is 0 Å². The van der Waals surface area contributed by atoms with Crippen LogP contribution in [0.2, 0.25) is 0 Å². The van der Waals surface area contributed by atoms with Gasteiger partial charge in [-0.25, -0.2) is 0 Å². The molecule has 1 saturated heterocycles. The second-order valence-corrected chi connectivity index (χ2v) is 7.94. The summed E-state index contributed by atoms with van der Waals surface area (Å²) in [6, 6.07) is 14.5. The minimum Gasteiger partial charge on any atom is -0.489 e. The molecule has 0 saturated carbocycles. The molecule has 0 radical (unpaired) electrons. The molecule has 0 unspecified atom stereocenters. The van der Waals surface area contributed by atoms with Crippen LogP contribution >= 0.6 is 0 Å². The third-order valence-electron chi connectivity index (χ3n) is 5.11. The Bertz CT molecular complexity index is 714. The molecular formula is C21H27BO3. The molecule has 0 aliphatic carbocycles. The summed E-state index contributed by atoms with van der Waals surface area (Å²) >= 11 is 0. The van der Waals surface area contributed by atoms with Gasteiger partial charge < -0.3 is 14.0 Å². The Balaban J connectivity index is 1.65. The molecule has 1 fully saturated rings. The summed E-state index contributed by atoms with van der Waals surface area (Å²) in [7, 11) is -0.320. The van der Waals surface area contributed by atoms with Crippen LogP contribution in [0.15, 0.2) is 42.5 Å². The molecule has 0 spiro atoms. The quantitative estimate of drug-likeness (QED) is 0.783. The van der Waals surface area contributed by atoms with Crippen LogP contribution in [0.25, 0.3) is 0 Å². The highest BCUT2D eigenvalue weighted by atomic mass is 16.7. The first kappa shape index (κ1) is 18.0. The zero-order chi connectivity index (χ0) is 18.2. The topological polar surface area (TPSA) is 27.7 Å². The van der Waals surface area contributed by atoms with E-state index in [2.05, 4.69) is 84.0 Å². The summed E-state index contributed by atoms with van der Waals surface area (Å²) in [5, 5.41) is 0. The van der Waals surface area contributed by atoms with Crippen molar-refractivity contribution in [1.29, 1.82) is 0 Å². The van der Waals surface area contributed by atoms with Crippen LogP contribution in [0, 0.1) is 13.8 Å². The van der Waals surface area contributed by atoms with E-state index in [-0.39, 0.29) is 18.3 Å². The lowest BCUT2D eigenvalue weighted by molar-refractivity contribution is 0.00578. The number of aryl methyl sites for hydroxylation is 2. The largest absolute Gasteiger partial charge is 0.494 e. The molecule has 1 heterocycles. The highest BCUT2D eigenvalue weighted by molar-refractivity contribution is 6.62. The predicted molar refractivity (Wildman–Crippen MR) is 102 cm³/mol. The minimum absolute atomic E-state index is 0.317. The van der Waals surface area contributed by atoms with Gasteiger partial charge >= 0.3 is 7.12 Å². The Morgan fingerprint density at radius 1 is 0.840 bits per heavy atom. The molecule has 3 rings (SSSR count). The van der Waals surface area contributed by atoms with Crippen LogP contribution in [-0.4, -0.2) is 18.3 Å². The van der Waals surface area contributed by atoms with E-state index < -0.39 is 0 Å². The van der Waals surface area contributed by atoms with Gasteiger partial charge in [0.15, 0.2) is 0 Å². The van der Waals surface area contributed by atoms with E-state index in [1.807, 2.05) is 0 Å². The van der Waals surface area contributed by atoms with Crippen LogP contribution in [0.1, 0.15) is 44.4 Å². The lowest BCUT2D eigenvalue weighted by Crippen LogP contribution is -2.41.